The van der Waals surface area contributed by atoms with Gasteiger partial charge in [-0.15, -0.1) is 0 Å². The minimum absolute atomic E-state index is 0.0921. The first-order valence-corrected chi connectivity index (χ1v) is 11.0. The molecule has 1 amide bonds. The van der Waals surface area contributed by atoms with Crippen LogP contribution in [0.15, 0.2) is 48.0 Å². The average molecular weight is 457 g/mol. The van der Waals surface area contributed by atoms with Gasteiger partial charge in [-0.3, -0.25) is 9.59 Å². The average Bonchev–Trinajstić information content (AvgIpc) is 2.99. The van der Waals surface area contributed by atoms with Crippen LogP contribution in [0.3, 0.4) is 0 Å². The van der Waals surface area contributed by atoms with Crippen LogP contribution in [0, 0.1) is 6.92 Å². The van der Waals surface area contributed by atoms with Gasteiger partial charge in [0.15, 0.2) is 0 Å². The van der Waals surface area contributed by atoms with Crippen LogP contribution < -0.4 is 4.74 Å². The number of aliphatic hydroxyl groups excluding tert-OH is 1. The van der Waals surface area contributed by atoms with E-state index in [1.165, 1.54) is 0 Å². The van der Waals surface area contributed by atoms with Crippen LogP contribution >= 0.6 is 11.6 Å². The van der Waals surface area contributed by atoms with Gasteiger partial charge in [0.2, 0.25) is 0 Å². The molecule has 2 aromatic rings. The van der Waals surface area contributed by atoms with Gasteiger partial charge in [-0.05, 0) is 82.4 Å². The summed E-state index contributed by atoms with van der Waals surface area (Å²) in [5.41, 5.74) is 2.07. The second kappa shape index (κ2) is 10.2. The number of carbonyl (C=O) groups excluding carboxylic acids is 2. The Labute approximate surface area is 194 Å². The van der Waals surface area contributed by atoms with Crippen LogP contribution in [-0.2, 0) is 9.59 Å². The number of Topliss-reactive ketones (excluding diaryl/α,β-unsaturated/α-hetero) is 1. The minimum Gasteiger partial charge on any atom is -0.507 e. The number of nitrogens with zero attached hydrogens (tertiary/aromatic N) is 2. The highest BCUT2D eigenvalue weighted by molar-refractivity contribution is 6.46. The summed E-state index contributed by atoms with van der Waals surface area (Å²) >= 11 is 6.06. The van der Waals surface area contributed by atoms with E-state index in [0.29, 0.717) is 35.9 Å². The summed E-state index contributed by atoms with van der Waals surface area (Å²) in [7, 11) is 3.92. The lowest BCUT2D eigenvalue weighted by Crippen LogP contribution is -2.32. The molecule has 1 heterocycles. The Morgan fingerprint density at radius 1 is 1.16 bits per heavy atom. The molecule has 2 aromatic carbocycles. The van der Waals surface area contributed by atoms with Crippen molar-refractivity contribution in [2.24, 2.45) is 0 Å². The fraction of sp³-hybridized carbons (Fsp3) is 0.360. The highest BCUT2D eigenvalue weighted by Gasteiger charge is 2.45. The Balaban J connectivity index is 2.09. The lowest BCUT2D eigenvalue weighted by Gasteiger charge is -2.26. The summed E-state index contributed by atoms with van der Waals surface area (Å²) in [5, 5.41) is 11.8. The quantitative estimate of drug-likeness (QED) is 0.361. The molecule has 3 rings (SSSR count). The molecule has 0 spiro atoms. The monoisotopic (exact) mass is 456 g/mol. The maximum atomic E-state index is 13.1. The first kappa shape index (κ1) is 23.8. The van der Waals surface area contributed by atoms with Crippen LogP contribution in [0.25, 0.3) is 5.76 Å². The Bertz CT molecular complexity index is 1030. The number of ketones is 1. The molecule has 1 unspecified atom stereocenters. The number of likely N-dealkylation sites (tertiary alicyclic amines) is 1. The number of carbonyl (C=O) groups is 2. The molecule has 170 valence electrons. The Morgan fingerprint density at radius 3 is 2.44 bits per heavy atom. The highest BCUT2D eigenvalue weighted by atomic mass is 35.5. The maximum absolute atomic E-state index is 13.1. The molecule has 1 aliphatic heterocycles. The molecule has 0 bridgehead atoms. The van der Waals surface area contributed by atoms with Gasteiger partial charge in [-0.1, -0.05) is 23.7 Å². The van der Waals surface area contributed by atoms with Crippen LogP contribution in [0.5, 0.6) is 5.75 Å². The molecule has 0 saturated carbocycles. The molecule has 1 atom stereocenters. The second-order valence-electron chi connectivity index (χ2n) is 8.11. The minimum atomic E-state index is -0.680. The van der Waals surface area contributed by atoms with Gasteiger partial charge >= 0.3 is 0 Å². The molecule has 0 aliphatic carbocycles. The number of halogens is 1. The van der Waals surface area contributed by atoms with Crippen LogP contribution in [-0.4, -0.2) is 60.4 Å². The van der Waals surface area contributed by atoms with Crippen molar-refractivity contribution < 1.29 is 19.4 Å². The molecule has 1 N–H and O–H groups in total. The van der Waals surface area contributed by atoms with Crippen LogP contribution in [0.2, 0.25) is 5.02 Å². The number of aliphatic hydroxyl groups is 1. The van der Waals surface area contributed by atoms with Gasteiger partial charge in [-0.25, -0.2) is 0 Å². The molecule has 7 heteroatoms. The second-order valence-corrected chi connectivity index (χ2v) is 8.55. The topological polar surface area (TPSA) is 70.1 Å². The zero-order chi connectivity index (χ0) is 23.4. The SMILES string of the molecule is CCOc1ccc(/C(O)=C2\C(=O)C(=O)N(CCCN(C)C)C2c2ccc(Cl)cc2)c(C)c1. The molecule has 1 fully saturated rings. The van der Waals surface area contributed by atoms with E-state index in [2.05, 4.69) is 0 Å². The number of amides is 1. The molecular weight excluding hydrogens is 428 g/mol. The number of aryl methyl sites for hydroxylation is 1. The predicted molar refractivity (Wildman–Crippen MR) is 126 cm³/mol. The molecule has 0 aromatic heterocycles. The smallest absolute Gasteiger partial charge is 0.295 e. The summed E-state index contributed by atoms with van der Waals surface area (Å²) in [4.78, 5) is 29.6. The molecule has 1 aliphatic rings. The van der Waals surface area contributed by atoms with Crippen molar-refractivity contribution in [3.63, 3.8) is 0 Å². The van der Waals surface area contributed by atoms with E-state index >= 15 is 0 Å². The Morgan fingerprint density at radius 2 is 1.84 bits per heavy atom. The van der Waals surface area contributed by atoms with E-state index in [9.17, 15) is 14.7 Å². The van der Waals surface area contributed by atoms with Gasteiger partial charge in [0.1, 0.15) is 11.5 Å². The number of hydrogen-bond acceptors (Lipinski definition) is 5. The number of hydrogen-bond donors (Lipinski definition) is 1. The van der Waals surface area contributed by atoms with E-state index in [0.717, 1.165) is 17.7 Å². The van der Waals surface area contributed by atoms with Crippen LogP contribution in [0.1, 0.15) is 36.1 Å². The van der Waals surface area contributed by atoms with Gasteiger partial charge in [0.05, 0.1) is 18.2 Å². The lowest BCUT2D eigenvalue weighted by molar-refractivity contribution is -0.139. The molecule has 32 heavy (non-hydrogen) atoms. The van der Waals surface area contributed by atoms with Gasteiger partial charge in [0, 0.05) is 17.1 Å². The number of ether oxygens (including phenoxy) is 1. The van der Waals surface area contributed by atoms with Gasteiger partial charge in [-0.2, -0.15) is 0 Å². The summed E-state index contributed by atoms with van der Waals surface area (Å²) in [5.74, 6) is -0.784. The Kier molecular flexibility index (Phi) is 7.59. The van der Waals surface area contributed by atoms with Gasteiger partial charge in [0.25, 0.3) is 11.7 Å². The van der Waals surface area contributed by atoms with E-state index < -0.39 is 17.7 Å². The third-order valence-electron chi connectivity index (χ3n) is 5.49. The van der Waals surface area contributed by atoms with Crippen molar-refractivity contribution in [3.8, 4) is 5.75 Å². The normalized spacial score (nSPS) is 17.9. The summed E-state index contributed by atoms with van der Waals surface area (Å²) < 4.78 is 5.52. The summed E-state index contributed by atoms with van der Waals surface area (Å²) in [6.07, 6.45) is 0.701. The van der Waals surface area contributed by atoms with Crippen molar-refractivity contribution in [1.82, 2.24) is 9.80 Å². The predicted octanol–water partition coefficient (Wildman–Crippen LogP) is 4.42. The number of rotatable bonds is 8. The van der Waals surface area contributed by atoms with E-state index in [1.54, 1.807) is 41.3 Å². The van der Waals surface area contributed by atoms with Crippen molar-refractivity contribution in [2.45, 2.75) is 26.3 Å². The lowest BCUT2D eigenvalue weighted by atomic mass is 9.94. The molecule has 1 saturated heterocycles. The third kappa shape index (κ3) is 4.97. The van der Waals surface area contributed by atoms with E-state index in [4.69, 9.17) is 16.3 Å². The zero-order valence-corrected chi connectivity index (χ0v) is 19.6. The fourth-order valence-electron chi connectivity index (χ4n) is 3.96. The molecular formula is C25H29ClN2O4. The number of benzene rings is 2. The van der Waals surface area contributed by atoms with E-state index in [-0.39, 0.29) is 11.3 Å². The van der Waals surface area contributed by atoms with E-state index in [1.807, 2.05) is 38.9 Å². The third-order valence-corrected chi connectivity index (χ3v) is 5.75. The van der Waals surface area contributed by atoms with Crippen molar-refractivity contribution in [2.75, 3.05) is 33.8 Å². The van der Waals surface area contributed by atoms with Gasteiger partial charge < -0.3 is 19.6 Å². The molecule has 0 radical (unpaired) electrons. The zero-order valence-electron chi connectivity index (χ0n) is 18.9. The van der Waals surface area contributed by atoms with Crippen LogP contribution in [0.4, 0.5) is 0 Å². The standard InChI is InChI=1S/C25H29ClN2O4/c1-5-32-19-11-12-20(16(2)15-19)23(29)21-22(17-7-9-18(26)10-8-17)28(25(31)24(21)30)14-6-13-27(3)4/h7-12,15,22,29H,5-6,13-14H2,1-4H3/b23-21+. The Hall–Kier alpha value is -2.83. The molecule has 6 nitrogen and oxygen atoms in total. The van der Waals surface area contributed by atoms with Crippen molar-refractivity contribution >= 4 is 29.1 Å². The first-order valence-electron chi connectivity index (χ1n) is 10.7. The van der Waals surface area contributed by atoms with Crippen molar-refractivity contribution in [1.29, 1.82) is 0 Å². The fourth-order valence-corrected chi connectivity index (χ4v) is 4.09. The highest BCUT2D eigenvalue weighted by Crippen LogP contribution is 2.40. The largest absolute Gasteiger partial charge is 0.507 e. The summed E-state index contributed by atoms with van der Waals surface area (Å²) in [6, 6.07) is 11.6. The first-order chi connectivity index (χ1) is 15.2. The maximum Gasteiger partial charge on any atom is 0.295 e. The summed E-state index contributed by atoms with van der Waals surface area (Å²) in [6.45, 7) is 5.43. The van der Waals surface area contributed by atoms with Crippen molar-refractivity contribution in [3.05, 3.63) is 69.8 Å².